The molecule has 6 heteroatoms. The van der Waals surface area contributed by atoms with E-state index in [1.54, 1.807) is 12.1 Å². The minimum absolute atomic E-state index is 0.0448. The summed E-state index contributed by atoms with van der Waals surface area (Å²) in [6.07, 6.45) is -2.75. The van der Waals surface area contributed by atoms with Crippen molar-refractivity contribution in [1.82, 2.24) is 4.72 Å². The number of aryl methyl sites for hydroxylation is 1. The molecule has 1 N–H and O–H groups in total. The van der Waals surface area contributed by atoms with Crippen LogP contribution in [0.1, 0.15) is 23.5 Å². The number of benzene rings is 1. The van der Waals surface area contributed by atoms with Crippen molar-refractivity contribution in [3.8, 4) is 0 Å². The Bertz CT molecular complexity index is 528. The molecular formula is C11H13F2NO2S. The van der Waals surface area contributed by atoms with Gasteiger partial charge in [0.15, 0.2) is 0 Å². The summed E-state index contributed by atoms with van der Waals surface area (Å²) in [5.74, 6) is -0.451. The van der Waals surface area contributed by atoms with Crippen LogP contribution in [0.15, 0.2) is 23.1 Å². The van der Waals surface area contributed by atoms with Gasteiger partial charge in [-0.05, 0) is 18.6 Å². The summed E-state index contributed by atoms with van der Waals surface area (Å²) in [6.45, 7) is 1.86. The van der Waals surface area contributed by atoms with E-state index in [9.17, 15) is 17.2 Å². The number of hydrogen-bond donors (Lipinski definition) is 1. The lowest BCUT2D eigenvalue weighted by atomic mass is 9.94. The summed E-state index contributed by atoms with van der Waals surface area (Å²) in [6, 6.07) is 4.83. The maximum atomic E-state index is 12.4. The number of fused-ring (bicyclic) bond motifs is 1. The smallest absolute Gasteiger partial charge is 0.211 e. The molecule has 0 fully saturated rings. The second-order valence-electron chi connectivity index (χ2n) is 4.22. The molecule has 94 valence electrons. The molecule has 0 saturated carbocycles. The molecule has 0 bridgehead atoms. The Morgan fingerprint density at radius 1 is 1.47 bits per heavy atom. The van der Waals surface area contributed by atoms with E-state index in [-0.39, 0.29) is 17.9 Å². The second kappa shape index (κ2) is 4.34. The van der Waals surface area contributed by atoms with Crippen molar-refractivity contribution in [3.63, 3.8) is 0 Å². The lowest BCUT2D eigenvalue weighted by Crippen LogP contribution is -2.35. The second-order valence-corrected chi connectivity index (χ2v) is 5.95. The summed E-state index contributed by atoms with van der Waals surface area (Å²) < 4.78 is 50.6. The molecule has 2 rings (SSSR count). The Hall–Kier alpha value is -1.01. The van der Waals surface area contributed by atoms with Crippen LogP contribution in [-0.4, -0.2) is 21.4 Å². The summed E-state index contributed by atoms with van der Waals surface area (Å²) in [4.78, 5) is 0.125. The molecule has 0 aromatic heterocycles. The van der Waals surface area contributed by atoms with E-state index in [0.29, 0.717) is 5.56 Å². The molecule has 1 heterocycles. The lowest BCUT2D eigenvalue weighted by Gasteiger charge is -2.26. The highest BCUT2D eigenvalue weighted by molar-refractivity contribution is 7.89. The zero-order valence-electron chi connectivity index (χ0n) is 9.28. The van der Waals surface area contributed by atoms with E-state index in [1.165, 1.54) is 6.07 Å². The van der Waals surface area contributed by atoms with Crippen molar-refractivity contribution in [2.45, 2.75) is 30.6 Å². The number of nitrogens with one attached hydrogen (secondary N) is 1. The Kier molecular flexibility index (Phi) is 3.18. The zero-order valence-corrected chi connectivity index (χ0v) is 10.1. The molecule has 1 aromatic carbocycles. The first-order chi connectivity index (χ1) is 7.90. The molecular weight excluding hydrogens is 248 g/mol. The van der Waals surface area contributed by atoms with Crippen molar-refractivity contribution in [3.05, 3.63) is 29.3 Å². The SMILES string of the molecule is Cc1ccc2c(c1)C(CC(F)F)CNS2(=O)=O. The molecule has 1 atom stereocenters. The third-order valence-electron chi connectivity index (χ3n) is 2.88. The molecule has 0 saturated heterocycles. The van der Waals surface area contributed by atoms with E-state index in [2.05, 4.69) is 4.72 Å². The molecule has 1 aliphatic rings. The lowest BCUT2D eigenvalue weighted by molar-refractivity contribution is 0.127. The molecule has 0 spiro atoms. The highest BCUT2D eigenvalue weighted by atomic mass is 32.2. The van der Waals surface area contributed by atoms with Crippen LogP contribution in [0.3, 0.4) is 0 Å². The summed E-state index contributed by atoms with van der Waals surface area (Å²) in [5, 5.41) is 0. The van der Waals surface area contributed by atoms with Crippen molar-refractivity contribution in [1.29, 1.82) is 0 Å². The first kappa shape index (κ1) is 12.4. The van der Waals surface area contributed by atoms with E-state index < -0.39 is 22.4 Å². The summed E-state index contributed by atoms with van der Waals surface area (Å²) in [7, 11) is -3.52. The monoisotopic (exact) mass is 261 g/mol. The molecule has 0 radical (unpaired) electrons. The molecule has 3 nitrogen and oxygen atoms in total. The number of rotatable bonds is 2. The Balaban J connectivity index is 2.49. The van der Waals surface area contributed by atoms with Crippen LogP contribution in [0.5, 0.6) is 0 Å². The highest BCUT2D eigenvalue weighted by Crippen LogP contribution is 2.32. The van der Waals surface area contributed by atoms with Crippen LogP contribution in [0, 0.1) is 6.92 Å². The number of sulfonamides is 1. The molecule has 1 aromatic rings. The Labute approximate surface area is 98.9 Å². The van der Waals surface area contributed by atoms with Gasteiger partial charge < -0.3 is 0 Å². The van der Waals surface area contributed by atoms with Gasteiger partial charge in [0.2, 0.25) is 16.4 Å². The standard InChI is InChI=1S/C11H13F2NO2S/c1-7-2-3-10-9(4-7)8(5-11(12)13)6-14-17(10,15)16/h2-4,8,11,14H,5-6H2,1H3. The fourth-order valence-corrected chi connectivity index (χ4v) is 3.41. The van der Waals surface area contributed by atoms with Crippen molar-refractivity contribution < 1.29 is 17.2 Å². The fourth-order valence-electron chi connectivity index (χ4n) is 2.06. The van der Waals surface area contributed by atoms with Crippen molar-refractivity contribution in [2.24, 2.45) is 0 Å². The highest BCUT2D eigenvalue weighted by Gasteiger charge is 2.31. The van der Waals surface area contributed by atoms with Gasteiger partial charge in [0, 0.05) is 18.9 Å². The van der Waals surface area contributed by atoms with E-state index in [4.69, 9.17) is 0 Å². The number of hydrogen-bond acceptors (Lipinski definition) is 2. The molecule has 0 aliphatic carbocycles. The van der Waals surface area contributed by atoms with Gasteiger partial charge in [-0.25, -0.2) is 21.9 Å². The van der Waals surface area contributed by atoms with Crippen molar-refractivity contribution in [2.75, 3.05) is 6.54 Å². The van der Waals surface area contributed by atoms with Crippen LogP contribution in [0.25, 0.3) is 0 Å². The topological polar surface area (TPSA) is 46.2 Å². The van der Waals surface area contributed by atoms with Gasteiger partial charge in [-0.1, -0.05) is 17.7 Å². The van der Waals surface area contributed by atoms with Gasteiger partial charge in [-0.3, -0.25) is 0 Å². The first-order valence-electron chi connectivity index (χ1n) is 5.28. The Morgan fingerprint density at radius 3 is 2.82 bits per heavy atom. The molecule has 0 amide bonds. The third kappa shape index (κ3) is 2.47. The minimum Gasteiger partial charge on any atom is -0.211 e. The van der Waals surface area contributed by atoms with Crippen LogP contribution in [-0.2, 0) is 10.0 Å². The van der Waals surface area contributed by atoms with Gasteiger partial charge in [-0.2, -0.15) is 0 Å². The number of alkyl halides is 2. The predicted molar refractivity (Wildman–Crippen MR) is 59.7 cm³/mol. The van der Waals surface area contributed by atoms with Gasteiger partial charge in [0.1, 0.15) is 0 Å². The molecule has 1 aliphatic heterocycles. The zero-order chi connectivity index (χ0) is 12.6. The van der Waals surface area contributed by atoms with Crippen LogP contribution >= 0.6 is 0 Å². The van der Waals surface area contributed by atoms with E-state index >= 15 is 0 Å². The van der Waals surface area contributed by atoms with Gasteiger partial charge in [0.25, 0.3) is 0 Å². The van der Waals surface area contributed by atoms with Gasteiger partial charge >= 0.3 is 0 Å². The maximum absolute atomic E-state index is 12.4. The number of halogens is 2. The summed E-state index contributed by atoms with van der Waals surface area (Å²) in [5.41, 5.74) is 1.38. The minimum atomic E-state index is -3.52. The predicted octanol–water partition coefficient (Wildman–Crippen LogP) is 2.03. The molecule has 17 heavy (non-hydrogen) atoms. The average molecular weight is 261 g/mol. The van der Waals surface area contributed by atoms with E-state index in [1.807, 2.05) is 6.92 Å². The van der Waals surface area contributed by atoms with E-state index in [0.717, 1.165) is 5.56 Å². The van der Waals surface area contributed by atoms with Crippen molar-refractivity contribution >= 4 is 10.0 Å². The normalized spacial score (nSPS) is 22.5. The average Bonchev–Trinajstić information content (AvgIpc) is 2.22. The van der Waals surface area contributed by atoms with Gasteiger partial charge in [-0.15, -0.1) is 0 Å². The maximum Gasteiger partial charge on any atom is 0.240 e. The first-order valence-corrected chi connectivity index (χ1v) is 6.77. The van der Waals surface area contributed by atoms with Crippen LogP contribution < -0.4 is 4.72 Å². The summed E-state index contributed by atoms with van der Waals surface area (Å²) >= 11 is 0. The van der Waals surface area contributed by atoms with Crippen LogP contribution in [0.2, 0.25) is 0 Å². The third-order valence-corrected chi connectivity index (χ3v) is 4.37. The largest absolute Gasteiger partial charge is 0.240 e. The fraction of sp³-hybridized carbons (Fsp3) is 0.455. The van der Waals surface area contributed by atoms with Gasteiger partial charge in [0.05, 0.1) is 4.90 Å². The Morgan fingerprint density at radius 2 is 2.18 bits per heavy atom. The van der Waals surface area contributed by atoms with Crippen LogP contribution in [0.4, 0.5) is 8.78 Å². The quantitative estimate of drug-likeness (QED) is 0.885. The molecule has 1 unspecified atom stereocenters.